The van der Waals surface area contributed by atoms with Gasteiger partial charge in [0.15, 0.2) is 5.16 Å². The van der Waals surface area contributed by atoms with Crippen LogP contribution >= 0.6 is 34.7 Å². The summed E-state index contributed by atoms with van der Waals surface area (Å²) in [5, 5.41) is 4.67. The summed E-state index contributed by atoms with van der Waals surface area (Å²) in [6.45, 7) is 0. The highest BCUT2D eigenvalue weighted by atomic mass is 35.5. The van der Waals surface area contributed by atoms with E-state index in [0.717, 1.165) is 23.1 Å². The lowest BCUT2D eigenvalue weighted by molar-refractivity contribution is -0.113. The number of hydrogen-bond acceptors (Lipinski definition) is 8. The molecule has 0 spiro atoms. The van der Waals surface area contributed by atoms with Gasteiger partial charge in [-0.2, -0.15) is 0 Å². The largest absolute Gasteiger partial charge is 0.495 e. The van der Waals surface area contributed by atoms with E-state index in [0.29, 0.717) is 33.2 Å². The highest BCUT2D eigenvalue weighted by molar-refractivity contribution is 7.99. The topological polar surface area (TPSA) is 99.4 Å². The van der Waals surface area contributed by atoms with Crippen LogP contribution in [0.15, 0.2) is 17.3 Å². The lowest BCUT2D eigenvalue weighted by Crippen LogP contribution is -2.15. The first kappa shape index (κ1) is 21.0. The Kier molecular flexibility index (Phi) is 6.21. The molecule has 0 aliphatic heterocycles. The van der Waals surface area contributed by atoms with Gasteiger partial charge < -0.3 is 20.5 Å². The Balaban J connectivity index is 1.48. The van der Waals surface area contributed by atoms with E-state index in [9.17, 15) is 4.79 Å². The Bertz CT molecular complexity index is 1120. The minimum atomic E-state index is -0.229. The summed E-state index contributed by atoms with van der Waals surface area (Å²) in [7, 11) is 3.03. The fourth-order valence-electron chi connectivity index (χ4n) is 3.50. The van der Waals surface area contributed by atoms with Crippen LogP contribution in [0.25, 0.3) is 10.2 Å². The molecule has 3 N–H and O–H groups in total. The van der Waals surface area contributed by atoms with Crippen molar-refractivity contribution in [3.8, 4) is 11.5 Å². The number of hydrogen-bond donors (Lipinski definition) is 2. The zero-order valence-corrected chi connectivity index (χ0v) is 19.0. The molecule has 1 aromatic carbocycles. The number of nitrogens with zero attached hydrogens (tertiary/aromatic N) is 2. The minimum absolute atomic E-state index is 0.128. The summed E-state index contributed by atoms with van der Waals surface area (Å²) in [4.78, 5) is 23.8. The predicted molar refractivity (Wildman–Crippen MR) is 122 cm³/mol. The van der Waals surface area contributed by atoms with E-state index >= 15 is 0 Å². The second-order valence-corrected chi connectivity index (χ2v) is 9.24. The van der Waals surface area contributed by atoms with Gasteiger partial charge in [0, 0.05) is 10.9 Å². The molecule has 10 heteroatoms. The van der Waals surface area contributed by atoms with E-state index in [4.69, 9.17) is 26.8 Å². The van der Waals surface area contributed by atoms with Gasteiger partial charge in [-0.3, -0.25) is 4.79 Å². The van der Waals surface area contributed by atoms with Crippen molar-refractivity contribution in [2.24, 2.45) is 0 Å². The van der Waals surface area contributed by atoms with Gasteiger partial charge >= 0.3 is 0 Å². The Morgan fingerprint density at radius 3 is 2.77 bits per heavy atom. The number of rotatable bonds is 6. The van der Waals surface area contributed by atoms with Crippen molar-refractivity contribution in [1.82, 2.24) is 9.97 Å². The van der Waals surface area contributed by atoms with Crippen molar-refractivity contribution in [3.05, 3.63) is 27.6 Å². The third-order valence-electron chi connectivity index (χ3n) is 4.90. The fraction of sp³-hybridized carbons (Fsp3) is 0.350. The maximum absolute atomic E-state index is 12.5. The number of carbonyl (C=O) groups excluding carboxylic acids is 1. The van der Waals surface area contributed by atoms with Crippen LogP contribution in [0.5, 0.6) is 11.5 Å². The van der Waals surface area contributed by atoms with Crippen molar-refractivity contribution in [3.63, 3.8) is 0 Å². The predicted octanol–water partition coefficient (Wildman–Crippen LogP) is 4.55. The molecule has 1 amide bonds. The molecule has 2 aromatic heterocycles. The molecule has 0 saturated carbocycles. The zero-order valence-electron chi connectivity index (χ0n) is 16.6. The number of halogens is 1. The van der Waals surface area contributed by atoms with Crippen LogP contribution < -0.4 is 20.5 Å². The second kappa shape index (κ2) is 8.87. The molecular weight excluding hydrogens is 444 g/mol. The van der Waals surface area contributed by atoms with E-state index in [1.165, 1.54) is 49.3 Å². The summed E-state index contributed by atoms with van der Waals surface area (Å²) >= 11 is 9.09. The molecule has 3 aromatic rings. The molecule has 0 unspecified atom stereocenters. The average Bonchev–Trinajstić information content (AvgIpc) is 3.11. The van der Waals surface area contributed by atoms with Crippen LogP contribution in [0.2, 0.25) is 5.02 Å². The van der Waals surface area contributed by atoms with Crippen molar-refractivity contribution in [2.45, 2.75) is 30.8 Å². The summed E-state index contributed by atoms with van der Waals surface area (Å²) in [6.07, 6.45) is 4.48. The molecule has 0 saturated heterocycles. The highest BCUT2D eigenvalue weighted by Crippen LogP contribution is 2.39. The molecular formula is C20H21ClN4O3S2. The number of carbonyl (C=O) groups is 1. The second-order valence-electron chi connectivity index (χ2n) is 6.81. The Labute approximate surface area is 187 Å². The van der Waals surface area contributed by atoms with Gasteiger partial charge in [0.05, 0.1) is 36.1 Å². The van der Waals surface area contributed by atoms with Crippen molar-refractivity contribution < 1.29 is 14.3 Å². The number of nitrogens with two attached hydrogens (primary N) is 1. The maximum atomic E-state index is 12.5. The van der Waals surface area contributed by atoms with E-state index in [1.54, 1.807) is 23.5 Å². The number of methoxy groups -OCH3 is 2. The number of thioether (sulfide) groups is 1. The van der Waals surface area contributed by atoms with Crippen LogP contribution in [0.3, 0.4) is 0 Å². The van der Waals surface area contributed by atoms with E-state index < -0.39 is 0 Å². The Morgan fingerprint density at radius 2 is 2.00 bits per heavy atom. The number of amides is 1. The number of thiophene rings is 1. The molecule has 1 aliphatic rings. The third-order valence-corrected chi connectivity index (χ3v) is 7.23. The quantitative estimate of drug-likeness (QED) is 0.407. The Morgan fingerprint density at radius 1 is 1.23 bits per heavy atom. The molecule has 1 aliphatic carbocycles. The average molecular weight is 465 g/mol. The number of ether oxygens (including phenoxy) is 2. The van der Waals surface area contributed by atoms with Crippen LogP contribution in [0.1, 0.15) is 23.3 Å². The summed E-state index contributed by atoms with van der Waals surface area (Å²) in [5.41, 5.74) is 8.01. The molecule has 158 valence electrons. The van der Waals surface area contributed by atoms with Crippen LogP contribution in [-0.4, -0.2) is 35.8 Å². The number of benzene rings is 1. The highest BCUT2D eigenvalue weighted by Gasteiger charge is 2.20. The standard InChI is InChI=1S/C20H21ClN4O3S2/c1-27-13-8-14(28-2)12(7-11(13)21)23-16(26)9-29-20-24-18(22)17-10-5-3-4-6-15(10)30-19(17)25-20/h7-8H,3-6,9H2,1-2H3,(H,23,26)(H2,22,24,25). The smallest absolute Gasteiger partial charge is 0.234 e. The lowest BCUT2D eigenvalue weighted by atomic mass is 9.97. The van der Waals surface area contributed by atoms with Gasteiger partial charge in [0.1, 0.15) is 22.1 Å². The number of aryl methyl sites for hydroxylation is 2. The van der Waals surface area contributed by atoms with Gasteiger partial charge in [0.2, 0.25) is 5.91 Å². The number of aromatic nitrogens is 2. The first-order valence-corrected chi connectivity index (χ1v) is 11.6. The molecule has 4 rings (SSSR count). The SMILES string of the molecule is COc1cc(OC)c(NC(=O)CSc2nc(N)c3c4c(sc3n2)CCCC4)cc1Cl. The normalized spacial score (nSPS) is 13.2. The van der Waals surface area contributed by atoms with Crippen molar-refractivity contribution in [1.29, 1.82) is 0 Å². The number of fused-ring (bicyclic) bond motifs is 3. The minimum Gasteiger partial charge on any atom is -0.495 e. The maximum Gasteiger partial charge on any atom is 0.234 e. The first-order valence-electron chi connectivity index (χ1n) is 9.42. The summed E-state index contributed by atoms with van der Waals surface area (Å²) < 4.78 is 10.5. The first-order chi connectivity index (χ1) is 14.5. The molecule has 2 heterocycles. The zero-order chi connectivity index (χ0) is 21.3. The number of nitrogens with one attached hydrogen (secondary N) is 1. The fourth-order valence-corrected chi connectivity index (χ4v) is 5.72. The lowest BCUT2D eigenvalue weighted by Gasteiger charge is -2.13. The van der Waals surface area contributed by atoms with Crippen LogP contribution in [0.4, 0.5) is 11.5 Å². The summed E-state index contributed by atoms with van der Waals surface area (Å²) in [5.74, 6) is 1.32. The van der Waals surface area contributed by atoms with Gasteiger partial charge in [-0.15, -0.1) is 11.3 Å². The van der Waals surface area contributed by atoms with Gasteiger partial charge in [-0.1, -0.05) is 23.4 Å². The summed E-state index contributed by atoms with van der Waals surface area (Å²) in [6, 6.07) is 3.22. The molecule has 0 fully saturated rings. The van der Waals surface area contributed by atoms with Crippen molar-refractivity contribution in [2.75, 3.05) is 31.0 Å². The monoisotopic (exact) mass is 464 g/mol. The van der Waals surface area contributed by atoms with Gasteiger partial charge in [-0.05, 0) is 37.3 Å². The number of anilines is 2. The number of nitrogen functional groups attached to an aromatic ring is 1. The molecule has 7 nitrogen and oxygen atoms in total. The van der Waals surface area contributed by atoms with E-state index in [-0.39, 0.29) is 11.7 Å². The Hall–Kier alpha value is -2.23. The molecule has 0 atom stereocenters. The van der Waals surface area contributed by atoms with E-state index in [2.05, 4.69) is 15.3 Å². The van der Waals surface area contributed by atoms with Gasteiger partial charge in [0.25, 0.3) is 0 Å². The van der Waals surface area contributed by atoms with E-state index in [1.807, 2.05) is 0 Å². The van der Waals surface area contributed by atoms with Crippen LogP contribution in [0, 0.1) is 0 Å². The molecule has 30 heavy (non-hydrogen) atoms. The van der Waals surface area contributed by atoms with Crippen LogP contribution in [-0.2, 0) is 17.6 Å². The van der Waals surface area contributed by atoms with Gasteiger partial charge in [-0.25, -0.2) is 9.97 Å². The third kappa shape index (κ3) is 4.14. The molecule has 0 radical (unpaired) electrons. The van der Waals surface area contributed by atoms with Crippen molar-refractivity contribution >= 4 is 62.3 Å². The molecule has 0 bridgehead atoms.